The van der Waals surface area contributed by atoms with Crippen LogP contribution in [0.1, 0.15) is 60.3 Å². The highest BCUT2D eigenvalue weighted by Crippen LogP contribution is 2.40. The first-order valence-corrected chi connectivity index (χ1v) is 10.1. The summed E-state index contributed by atoms with van der Waals surface area (Å²) in [5.41, 5.74) is 0.521. The molecule has 2 nitrogen and oxygen atoms in total. The molecule has 2 fully saturated rings. The fourth-order valence-electron chi connectivity index (χ4n) is 3.84. The normalized spacial score (nSPS) is 38.9. The van der Waals surface area contributed by atoms with Gasteiger partial charge in [-0.3, -0.25) is 4.90 Å². The molecule has 0 amide bonds. The fourth-order valence-corrected chi connectivity index (χ4v) is 5.00. The number of hydrogen-bond donors (Lipinski definition) is 1. The van der Waals surface area contributed by atoms with Crippen molar-refractivity contribution >= 4 is 11.8 Å². The molecular formula is C18H36N2S. The molecule has 0 aromatic carbocycles. The summed E-state index contributed by atoms with van der Waals surface area (Å²) in [6.07, 6.45) is 5.68. The quantitative estimate of drug-likeness (QED) is 0.826. The predicted molar refractivity (Wildman–Crippen MR) is 96.2 cm³/mol. The molecule has 2 unspecified atom stereocenters. The van der Waals surface area contributed by atoms with Gasteiger partial charge >= 0.3 is 0 Å². The van der Waals surface area contributed by atoms with Crippen LogP contribution < -0.4 is 5.32 Å². The highest BCUT2D eigenvalue weighted by Gasteiger charge is 2.38. The van der Waals surface area contributed by atoms with Gasteiger partial charge in [-0.25, -0.2) is 0 Å². The monoisotopic (exact) mass is 312 g/mol. The van der Waals surface area contributed by atoms with Crippen molar-refractivity contribution < 1.29 is 0 Å². The minimum absolute atomic E-state index is 0.521. The van der Waals surface area contributed by atoms with E-state index in [1.54, 1.807) is 0 Å². The van der Waals surface area contributed by atoms with E-state index in [-0.39, 0.29) is 0 Å². The van der Waals surface area contributed by atoms with Crippen molar-refractivity contribution in [2.24, 2.45) is 11.3 Å². The predicted octanol–water partition coefficient (Wildman–Crippen LogP) is 4.01. The Morgan fingerprint density at radius 1 is 1.19 bits per heavy atom. The zero-order valence-electron chi connectivity index (χ0n) is 14.8. The number of thioether (sulfide) groups is 1. The molecule has 1 N–H and O–H groups in total. The molecule has 1 aliphatic carbocycles. The van der Waals surface area contributed by atoms with Gasteiger partial charge < -0.3 is 5.32 Å². The van der Waals surface area contributed by atoms with Gasteiger partial charge in [0.1, 0.15) is 0 Å². The topological polar surface area (TPSA) is 15.3 Å². The molecule has 2 rings (SSSR count). The van der Waals surface area contributed by atoms with Crippen LogP contribution in [0.5, 0.6) is 0 Å². The third-order valence-electron chi connectivity index (χ3n) is 5.77. The molecule has 0 spiro atoms. The molecule has 0 aromatic heterocycles. The van der Waals surface area contributed by atoms with Crippen LogP contribution in [-0.2, 0) is 0 Å². The third-order valence-corrected chi connectivity index (χ3v) is 7.11. The average molecular weight is 313 g/mol. The Morgan fingerprint density at radius 2 is 1.86 bits per heavy atom. The van der Waals surface area contributed by atoms with E-state index in [0.29, 0.717) is 11.5 Å². The van der Waals surface area contributed by atoms with Gasteiger partial charge in [0.25, 0.3) is 0 Å². The van der Waals surface area contributed by atoms with E-state index in [0.717, 1.165) is 17.2 Å². The Morgan fingerprint density at radius 3 is 2.48 bits per heavy atom. The van der Waals surface area contributed by atoms with Crippen molar-refractivity contribution in [2.75, 3.05) is 25.4 Å². The Kier molecular flexibility index (Phi) is 6.46. The molecule has 1 heterocycles. The summed E-state index contributed by atoms with van der Waals surface area (Å²) < 4.78 is 0. The van der Waals surface area contributed by atoms with Crippen LogP contribution in [0.15, 0.2) is 0 Å². The van der Waals surface area contributed by atoms with E-state index in [9.17, 15) is 0 Å². The van der Waals surface area contributed by atoms with Crippen LogP contribution in [0.4, 0.5) is 0 Å². The first kappa shape index (κ1) is 17.6. The van der Waals surface area contributed by atoms with Crippen LogP contribution in [0.25, 0.3) is 0 Å². The van der Waals surface area contributed by atoms with Gasteiger partial charge in [0, 0.05) is 42.7 Å². The second kappa shape index (κ2) is 7.70. The maximum atomic E-state index is 3.75. The first-order valence-electron chi connectivity index (χ1n) is 9.01. The van der Waals surface area contributed by atoms with E-state index in [4.69, 9.17) is 0 Å². The Hall–Kier alpha value is 0.270. The molecule has 1 saturated carbocycles. The van der Waals surface area contributed by atoms with Crippen LogP contribution in [-0.4, -0.2) is 47.6 Å². The molecule has 0 bridgehead atoms. The van der Waals surface area contributed by atoms with Crippen molar-refractivity contribution in [1.82, 2.24) is 10.2 Å². The lowest BCUT2D eigenvalue weighted by Gasteiger charge is -2.47. The third kappa shape index (κ3) is 4.87. The van der Waals surface area contributed by atoms with Crippen LogP contribution in [0.3, 0.4) is 0 Å². The van der Waals surface area contributed by atoms with Gasteiger partial charge in [-0.05, 0) is 31.1 Å². The van der Waals surface area contributed by atoms with E-state index >= 15 is 0 Å². The Labute approximate surface area is 136 Å². The second-order valence-corrected chi connectivity index (χ2v) is 9.49. The lowest BCUT2D eigenvalue weighted by atomic mass is 9.70. The van der Waals surface area contributed by atoms with Crippen molar-refractivity contribution in [2.45, 2.75) is 77.6 Å². The van der Waals surface area contributed by atoms with Crippen molar-refractivity contribution in [1.29, 1.82) is 0 Å². The molecular weight excluding hydrogens is 276 g/mol. The maximum Gasteiger partial charge on any atom is 0.0184 e. The van der Waals surface area contributed by atoms with Gasteiger partial charge in [-0.1, -0.05) is 40.5 Å². The largest absolute Gasteiger partial charge is 0.314 e. The summed E-state index contributed by atoms with van der Waals surface area (Å²) in [5, 5.41) is 4.54. The molecule has 3 heteroatoms. The number of nitrogens with zero attached hydrogens (tertiary/aromatic N) is 1. The lowest BCUT2D eigenvalue weighted by molar-refractivity contribution is 0.0667. The summed E-state index contributed by atoms with van der Waals surface area (Å²) in [5.74, 6) is 2.25. The maximum absolute atomic E-state index is 3.75. The molecule has 2 aliphatic rings. The molecule has 0 radical (unpaired) electrons. The van der Waals surface area contributed by atoms with Crippen molar-refractivity contribution in [3.63, 3.8) is 0 Å². The van der Waals surface area contributed by atoms with E-state index in [2.05, 4.69) is 56.6 Å². The zero-order valence-corrected chi connectivity index (χ0v) is 15.6. The standard InChI is InChI=1S/C18H36N2S/c1-14(2)19-12-18(8-6-15(3)7-9-18)13-20-10-11-21-17(5)16(20)4/h14-17,19H,6-13H2,1-5H3. The number of nitrogens with one attached hydrogen (secondary N) is 1. The van der Waals surface area contributed by atoms with Gasteiger partial charge in [0.15, 0.2) is 0 Å². The van der Waals surface area contributed by atoms with E-state index in [1.165, 1.54) is 51.1 Å². The molecule has 0 aromatic rings. The summed E-state index contributed by atoms with van der Waals surface area (Å²) in [4.78, 5) is 2.79. The highest BCUT2D eigenvalue weighted by molar-refractivity contribution is 8.00. The smallest absolute Gasteiger partial charge is 0.0184 e. The minimum Gasteiger partial charge on any atom is -0.314 e. The minimum atomic E-state index is 0.521. The van der Waals surface area contributed by atoms with E-state index in [1.807, 2.05) is 0 Å². The highest BCUT2D eigenvalue weighted by atomic mass is 32.2. The summed E-state index contributed by atoms with van der Waals surface area (Å²) >= 11 is 2.15. The Bertz CT molecular complexity index is 310. The lowest BCUT2D eigenvalue weighted by Crippen LogP contribution is -2.53. The van der Waals surface area contributed by atoms with Crippen LogP contribution in [0.2, 0.25) is 0 Å². The van der Waals surface area contributed by atoms with Crippen LogP contribution >= 0.6 is 11.8 Å². The molecule has 21 heavy (non-hydrogen) atoms. The van der Waals surface area contributed by atoms with Gasteiger partial charge in [-0.2, -0.15) is 11.8 Å². The molecule has 1 saturated heterocycles. The fraction of sp³-hybridized carbons (Fsp3) is 1.00. The number of rotatable bonds is 5. The van der Waals surface area contributed by atoms with Gasteiger partial charge in [0.2, 0.25) is 0 Å². The summed E-state index contributed by atoms with van der Waals surface area (Å²) in [7, 11) is 0. The van der Waals surface area contributed by atoms with Crippen LogP contribution in [0, 0.1) is 11.3 Å². The molecule has 124 valence electrons. The van der Waals surface area contributed by atoms with Crippen molar-refractivity contribution in [3.05, 3.63) is 0 Å². The van der Waals surface area contributed by atoms with Crippen molar-refractivity contribution in [3.8, 4) is 0 Å². The van der Waals surface area contributed by atoms with E-state index < -0.39 is 0 Å². The first-order chi connectivity index (χ1) is 9.92. The Balaban J connectivity index is 2.01. The molecule has 2 atom stereocenters. The van der Waals surface area contributed by atoms with Gasteiger partial charge in [-0.15, -0.1) is 0 Å². The van der Waals surface area contributed by atoms with Gasteiger partial charge in [0.05, 0.1) is 0 Å². The second-order valence-electron chi connectivity index (χ2n) is 8.01. The summed E-state index contributed by atoms with van der Waals surface area (Å²) in [6, 6.07) is 1.34. The average Bonchev–Trinajstić information content (AvgIpc) is 2.45. The zero-order chi connectivity index (χ0) is 15.5. The molecule has 1 aliphatic heterocycles. The SMILES string of the molecule is CC1CCC(CNC(C)C)(CN2CCSC(C)C2C)CC1. The summed E-state index contributed by atoms with van der Waals surface area (Å²) in [6.45, 7) is 15.6. The number of hydrogen-bond acceptors (Lipinski definition) is 3.